The summed E-state index contributed by atoms with van der Waals surface area (Å²) in [6.07, 6.45) is 3.40. The van der Waals surface area contributed by atoms with E-state index in [2.05, 4.69) is 0 Å². The van der Waals surface area contributed by atoms with Gasteiger partial charge in [0.25, 0.3) is 11.1 Å². The van der Waals surface area contributed by atoms with E-state index in [9.17, 15) is 33.1 Å². The van der Waals surface area contributed by atoms with Crippen molar-refractivity contribution in [2.24, 2.45) is 0 Å². The van der Waals surface area contributed by atoms with Crippen LogP contribution in [-0.4, -0.2) is 60.3 Å². The van der Waals surface area contributed by atoms with Gasteiger partial charge in [0.05, 0.1) is 27.7 Å². The van der Waals surface area contributed by atoms with E-state index in [-0.39, 0.29) is 60.1 Å². The van der Waals surface area contributed by atoms with Crippen LogP contribution < -0.4 is 20.6 Å². The van der Waals surface area contributed by atoms with Crippen molar-refractivity contribution < 1.29 is 47.2 Å². The molecule has 56 heavy (non-hydrogen) atoms. The maximum atomic E-state index is 14.2. The van der Waals surface area contributed by atoms with Crippen LogP contribution in [0.4, 0.5) is 8.78 Å². The Morgan fingerprint density at radius 3 is 1.57 bits per heavy atom. The van der Waals surface area contributed by atoms with E-state index >= 15 is 0 Å². The molecule has 0 bridgehead atoms. The van der Waals surface area contributed by atoms with Crippen molar-refractivity contribution in [3.63, 3.8) is 0 Å². The molecular formula is C40H34Cl2F2N2O10. The van der Waals surface area contributed by atoms with Crippen LogP contribution in [0, 0.1) is 11.6 Å². The van der Waals surface area contributed by atoms with Crippen molar-refractivity contribution in [2.45, 2.75) is 19.8 Å². The number of esters is 1. The smallest absolute Gasteiger partial charge is 0.343 e. The van der Waals surface area contributed by atoms with Gasteiger partial charge in [-0.15, -0.1) is 0 Å². The quantitative estimate of drug-likeness (QED) is 0.0940. The number of methoxy groups -OCH3 is 2. The molecule has 1 N–H and O–H groups in total. The molecule has 6 aromatic rings. The SMILES string of the molecule is CCOC(=O)c1cc(OCOC)c2ccc(Cc3cccc(Cl)c3F)cn2c1=O.COCOc1cc(C(=O)O)c(=O)n2cc(Cc3cccc(Cl)c3F)ccc12. The molecule has 0 saturated heterocycles. The minimum Gasteiger partial charge on any atom is -0.477 e. The van der Waals surface area contributed by atoms with E-state index in [0.29, 0.717) is 33.3 Å². The van der Waals surface area contributed by atoms with Gasteiger partial charge in [0.2, 0.25) is 0 Å². The molecule has 0 aliphatic rings. The fraction of sp³-hybridized carbons (Fsp3) is 0.200. The second kappa shape index (κ2) is 18.7. The Morgan fingerprint density at radius 1 is 0.696 bits per heavy atom. The average Bonchev–Trinajstić information content (AvgIpc) is 3.18. The predicted octanol–water partition coefficient (Wildman–Crippen LogP) is 7.21. The third-order valence-corrected chi connectivity index (χ3v) is 8.80. The highest BCUT2D eigenvalue weighted by Gasteiger charge is 2.19. The third kappa shape index (κ3) is 9.34. The number of carbonyl (C=O) groups excluding carboxylic acids is 1. The fourth-order valence-electron chi connectivity index (χ4n) is 5.62. The standard InChI is InChI=1S/C21H19ClFNO5.C19H15ClFNO5/c1-3-28-21(26)15-10-18(29-12-27-2)17-8-7-13(11-24(17)20(15)25)9-14-5-4-6-16(22)19(14)23;1-26-10-27-16-8-13(19(24)25)18(23)22-9-11(5-6-15(16)22)7-12-3-2-4-14(20)17(12)21/h4-8,10-11H,3,9,12H2,1-2H3;2-6,8-9H,7,10H2,1H3,(H,24,25). The topological polar surface area (TPSA) is 143 Å². The number of fused-ring (bicyclic) bond motifs is 2. The van der Waals surface area contributed by atoms with Gasteiger partial charge in [0.15, 0.2) is 13.6 Å². The maximum Gasteiger partial charge on any atom is 0.343 e. The van der Waals surface area contributed by atoms with E-state index in [0.717, 1.165) is 6.07 Å². The molecule has 0 radical (unpaired) electrons. The Labute approximate surface area is 327 Å². The Hall–Kier alpha value is -5.80. The van der Waals surface area contributed by atoms with E-state index in [4.69, 9.17) is 46.9 Å². The number of hydrogen-bond acceptors (Lipinski definition) is 9. The predicted molar refractivity (Wildman–Crippen MR) is 204 cm³/mol. The molecule has 6 rings (SSSR count). The van der Waals surface area contributed by atoms with Gasteiger partial charge in [-0.2, -0.15) is 0 Å². The normalized spacial score (nSPS) is 10.9. The molecule has 2 aromatic carbocycles. The highest BCUT2D eigenvalue weighted by molar-refractivity contribution is 6.31. The summed E-state index contributed by atoms with van der Waals surface area (Å²) in [5.41, 5.74) is 0.944. The van der Waals surface area contributed by atoms with E-state index in [1.54, 1.807) is 61.7 Å². The third-order valence-electron chi connectivity index (χ3n) is 8.22. The van der Waals surface area contributed by atoms with Gasteiger partial charge in [-0.25, -0.2) is 18.4 Å². The highest BCUT2D eigenvalue weighted by atomic mass is 35.5. The first-order valence-electron chi connectivity index (χ1n) is 16.7. The summed E-state index contributed by atoms with van der Waals surface area (Å²) in [7, 11) is 2.88. The van der Waals surface area contributed by atoms with Crippen LogP contribution in [0.5, 0.6) is 11.5 Å². The summed E-state index contributed by atoms with van der Waals surface area (Å²) in [5.74, 6) is -2.69. The van der Waals surface area contributed by atoms with Gasteiger partial charge in [-0.3, -0.25) is 18.4 Å². The molecule has 0 atom stereocenters. The molecule has 0 unspecified atom stereocenters. The lowest BCUT2D eigenvalue weighted by Crippen LogP contribution is -2.24. The zero-order chi connectivity index (χ0) is 40.5. The Balaban J connectivity index is 0.000000215. The first-order valence-corrected chi connectivity index (χ1v) is 17.5. The number of halogens is 4. The van der Waals surface area contributed by atoms with Gasteiger partial charge in [0.1, 0.15) is 34.3 Å². The zero-order valence-corrected chi connectivity index (χ0v) is 31.7. The molecule has 0 fully saturated rings. The second-order valence-electron chi connectivity index (χ2n) is 11.9. The lowest BCUT2D eigenvalue weighted by atomic mass is 10.1. The van der Waals surface area contributed by atoms with Crippen LogP contribution in [0.1, 0.15) is 49.9 Å². The first kappa shape index (κ1) is 41.4. The number of rotatable bonds is 13. The van der Waals surface area contributed by atoms with Gasteiger partial charge < -0.3 is 28.8 Å². The first-order chi connectivity index (χ1) is 26.9. The van der Waals surface area contributed by atoms with Crippen LogP contribution in [0.2, 0.25) is 10.0 Å². The summed E-state index contributed by atoms with van der Waals surface area (Å²) in [4.78, 5) is 49.0. The molecule has 16 heteroatoms. The van der Waals surface area contributed by atoms with E-state index in [1.807, 2.05) is 0 Å². The Morgan fingerprint density at radius 2 is 1.14 bits per heavy atom. The molecule has 0 aliphatic heterocycles. The number of ether oxygens (including phenoxy) is 5. The van der Waals surface area contributed by atoms with Crippen LogP contribution in [0.3, 0.4) is 0 Å². The largest absolute Gasteiger partial charge is 0.477 e. The molecule has 292 valence electrons. The summed E-state index contributed by atoms with van der Waals surface area (Å²) >= 11 is 11.6. The summed E-state index contributed by atoms with van der Waals surface area (Å²) in [6, 6.07) is 18.6. The molecule has 12 nitrogen and oxygen atoms in total. The van der Waals surface area contributed by atoms with Crippen molar-refractivity contribution in [2.75, 3.05) is 34.4 Å². The minimum absolute atomic E-state index is 0.00821. The molecule has 0 spiro atoms. The maximum absolute atomic E-state index is 14.2. The summed E-state index contributed by atoms with van der Waals surface area (Å²) in [5, 5.41) is 9.32. The van der Waals surface area contributed by atoms with Crippen LogP contribution >= 0.6 is 23.2 Å². The van der Waals surface area contributed by atoms with Crippen LogP contribution in [0.15, 0.2) is 94.8 Å². The monoisotopic (exact) mass is 810 g/mol. The molecule has 0 saturated carbocycles. The van der Waals surface area contributed by atoms with E-state index in [1.165, 1.54) is 47.4 Å². The van der Waals surface area contributed by atoms with Gasteiger partial charge in [-0.05, 0) is 53.4 Å². The number of benzene rings is 2. The molecular weight excluding hydrogens is 777 g/mol. The van der Waals surface area contributed by atoms with Gasteiger partial charge in [-0.1, -0.05) is 59.6 Å². The van der Waals surface area contributed by atoms with Crippen molar-refractivity contribution in [3.05, 3.63) is 161 Å². The van der Waals surface area contributed by atoms with Crippen molar-refractivity contribution in [1.29, 1.82) is 0 Å². The number of aromatic carboxylic acids is 1. The van der Waals surface area contributed by atoms with Crippen molar-refractivity contribution in [1.82, 2.24) is 8.80 Å². The van der Waals surface area contributed by atoms with Crippen LogP contribution in [-0.2, 0) is 27.1 Å². The number of aromatic nitrogens is 2. The fourth-order valence-corrected chi connectivity index (χ4v) is 6.01. The molecule has 4 heterocycles. The molecule has 4 aromatic heterocycles. The average molecular weight is 812 g/mol. The van der Waals surface area contributed by atoms with Gasteiger partial charge in [0, 0.05) is 51.6 Å². The van der Waals surface area contributed by atoms with Crippen LogP contribution in [0.25, 0.3) is 11.0 Å². The van der Waals surface area contributed by atoms with Crippen molar-refractivity contribution in [3.8, 4) is 11.5 Å². The van der Waals surface area contributed by atoms with Gasteiger partial charge >= 0.3 is 11.9 Å². The minimum atomic E-state index is -1.37. The Bertz CT molecular complexity index is 2540. The number of carbonyl (C=O) groups is 2. The molecule has 0 amide bonds. The van der Waals surface area contributed by atoms with E-state index < -0.39 is 40.3 Å². The number of pyridine rings is 4. The van der Waals surface area contributed by atoms with Crippen molar-refractivity contribution >= 4 is 46.2 Å². The summed E-state index contributed by atoms with van der Waals surface area (Å²) < 4.78 is 56.5. The highest BCUT2D eigenvalue weighted by Crippen LogP contribution is 2.26. The summed E-state index contributed by atoms with van der Waals surface area (Å²) in [6.45, 7) is 1.61. The number of hydrogen-bond donors (Lipinski definition) is 1. The number of carboxylic acids is 1. The lowest BCUT2D eigenvalue weighted by Gasteiger charge is -2.13. The zero-order valence-electron chi connectivity index (χ0n) is 30.1. The Kier molecular flexibility index (Phi) is 13.8. The number of nitrogens with zero attached hydrogens (tertiary/aromatic N) is 2. The number of carboxylic acid groups (broad SMARTS) is 1. The lowest BCUT2D eigenvalue weighted by molar-refractivity contribution is 0.0492. The molecule has 0 aliphatic carbocycles. The second-order valence-corrected chi connectivity index (χ2v) is 12.8.